The number of hydrogen-bond acceptors (Lipinski definition) is 4. The number of rotatable bonds is 5. The molecule has 8 heteroatoms. The molecular formula is C11H16N4O4. The molecule has 2 amide bonds. The van der Waals surface area contributed by atoms with Crippen molar-refractivity contribution in [2.45, 2.75) is 32.6 Å². The molecule has 0 aliphatic carbocycles. The van der Waals surface area contributed by atoms with Crippen molar-refractivity contribution in [1.82, 2.24) is 20.8 Å². The van der Waals surface area contributed by atoms with Crippen molar-refractivity contribution in [2.24, 2.45) is 0 Å². The van der Waals surface area contributed by atoms with E-state index < -0.39 is 17.2 Å². The molecular weight excluding hydrogens is 252 g/mol. The summed E-state index contributed by atoms with van der Waals surface area (Å²) in [7, 11) is 0. The van der Waals surface area contributed by atoms with Gasteiger partial charge in [-0.25, -0.2) is 4.79 Å². The monoisotopic (exact) mass is 268 g/mol. The molecule has 0 saturated carbocycles. The highest BCUT2D eigenvalue weighted by atomic mass is 16.2. The molecule has 0 spiro atoms. The quantitative estimate of drug-likeness (QED) is 0.420. The summed E-state index contributed by atoms with van der Waals surface area (Å²) in [4.78, 5) is 48.9. The van der Waals surface area contributed by atoms with E-state index in [0.717, 1.165) is 25.3 Å². The Morgan fingerprint density at radius 2 is 1.89 bits per heavy atom. The molecule has 0 saturated heterocycles. The molecule has 0 bridgehead atoms. The van der Waals surface area contributed by atoms with Gasteiger partial charge in [-0.15, -0.1) is 0 Å². The summed E-state index contributed by atoms with van der Waals surface area (Å²) in [5, 5.41) is 0. The predicted molar refractivity (Wildman–Crippen MR) is 67.4 cm³/mol. The average Bonchev–Trinajstić information content (AvgIpc) is 2.35. The standard InChI is InChI=1S/C11H16N4O4/c1-2-3-4-5-8(16)14-15-10(18)7-6-9(17)13-11(19)12-7/h6H,2-5H2,1H3,(H,14,16)(H,15,18)(H2,12,13,17,19). The lowest BCUT2D eigenvalue weighted by Crippen LogP contribution is -2.43. The SMILES string of the molecule is CCCCCC(=O)NNC(=O)c1cc(=O)[nH]c(=O)[nH]1. The number of carbonyl (C=O) groups excluding carboxylic acids is 2. The Bertz CT molecular complexity index is 532. The number of unbranched alkanes of at least 4 members (excludes halogenated alkanes) is 2. The van der Waals surface area contributed by atoms with Crippen LogP contribution in [0.1, 0.15) is 43.1 Å². The fourth-order valence-electron chi connectivity index (χ4n) is 1.38. The Morgan fingerprint density at radius 1 is 1.16 bits per heavy atom. The first-order valence-electron chi connectivity index (χ1n) is 5.95. The van der Waals surface area contributed by atoms with Crippen molar-refractivity contribution in [1.29, 1.82) is 0 Å². The molecule has 104 valence electrons. The normalized spacial score (nSPS) is 9.95. The smallest absolute Gasteiger partial charge is 0.303 e. The number of hydrogen-bond donors (Lipinski definition) is 4. The molecule has 1 heterocycles. The number of hydrazine groups is 1. The Morgan fingerprint density at radius 3 is 2.53 bits per heavy atom. The van der Waals surface area contributed by atoms with Crippen molar-refractivity contribution >= 4 is 11.8 Å². The van der Waals surface area contributed by atoms with Gasteiger partial charge in [-0.3, -0.25) is 30.2 Å². The van der Waals surface area contributed by atoms with Gasteiger partial charge in [0.2, 0.25) is 5.91 Å². The third kappa shape index (κ3) is 5.19. The van der Waals surface area contributed by atoms with E-state index in [4.69, 9.17) is 0 Å². The summed E-state index contributed by atoms with van der Waals surface area (Å²) in [5.41, 5.74) is 2.63. The highest BCUT2D eigenvalue weighted by Gasteiger charge is 2.09. The molecule has 0 radical (unpaired) electrons. The Hall–Kier alpha value is -2.38. The second-order valence-corrected chi connectivity index (χ2v) is 3.96. The highest BCUT2D eigenvalue weighted by molar-refractivity contribution is 5.93. The minimum absolute atomic E-state index is 0.220. The fraction of sp³-hybridized carbons (Fsp3) is 0.455. The van der Waals surface area contributed by atoms with Crippen LogP contribution in [-0.2, 0) is 4.79 Å². The Labute approximate surface area is 108 Å². The van der Waals surface area contributed by atoms with Gasteiger partial charge in [-0.2, -0.15) is 0 Å². The molecule has 1 rings (SSSR count). The van der Waals surface area contributed by atoms with Gasteiger partial charge in [-0.05, 0) is 6.42 Å². The van der Waals surface area contributed by atoms with E-state index in [0.29, 0.717) is 6.42 Å². The summed E-state index contributed by atoms with van der Waals surface area (Å²) in [6, 6.07) is 0.931. The van der Waals surface area contributed by atoms with Gasteiger partial charge < -0.3 is 4.98 Å². The van der Waals surface area contributed by atoms with Crippen LogP contribution >= 0.6 is 0 Å². The summed E-state index contributed by atoms with van der Waals surface area (Å²) < 4.78 is 0. The van der Waals surface area contributed by atoms with E-state index in [2.05, 4.69) is 15.8 Å². The summed E-state index contributed by atoms with van der Waals surface area (Å²) in [6.07, 6.45) is 2.97. The third-order valence-electron chi connectivity index (χ3n) is 2.33. The lowest BCUT2D eigenvalue weighted by atomic mass is 10.2. The average molecular weight is 268 g/mol. The number of nitrogens with one attached hydrogen (secondary N) is 4. The maximum atomic E-state index is 11.5. The summed E-state index contributed by atoms with van der Waals surface area (Å²) in [6.45, 7) is 2.02. The maximum absolute atomic E-state index is 11.5. The Kier molecular flexibility index (Phi) is 5.52. The molecule has 1 aromatic rings. The number of H-pyrrole nitrogens is 2. The topological polar surface area (TPSA) is 124 Å². The van der Waals surface area contributed by atoms with Crippen LogP contribution in [0.2, 0.25) is 0 Å². The van der Waals surface area contributed by atoms with E-state index in [1.807, 2.05) is 11.9 Å². The van der Waals surface area contributed by atoms with Crippen LogP contribution < -0.4 is 22.1 Å². The van der Waals surface area contributed by atoms with Crippen molar-refractivity contribution in [2.75, 3.05) is 0 Å². The molecule has 8 nitrogen and oxygen atoms in total. The molecule has 0 aliphatic rings. The first-order valence-corrected chi connectivity index (χ1v) is 5.95. The lowest BCUT2D eigenvalue weighted by Gasteiger charge is -2.06. The van der Waals surface area contributed by atoms with Crippen LogP contribution in [0.4, 0.5) is 0 Å². The first-order chi connectivity index (χ1) is 9.02. The zero-order chi connectivity index (χ0) is 14.3. The van der Waals surface area contributed by atoms with Gasteiger partial charge in [0.15, 0.2) is 0 Å². The van der Waals surface area contributed by atoms with Crippen molar-refractivity contribution in [3.8, 4) is 0 Å². The largest absolute Gasteiger partial charge is 0.326 e. The summed E-state index contributed by atoms with van der Waals surface area (Å²) in [5.74, 6) is -1.08. The van der Waals surface area contributed by atoms with Crippen molar-refractivity contribution in [3.63, 3.8) is 0 Å². The fourth-order valence-corrected chi connectivity index (χ4v) is 1.38. The van der Waals surface area contributed by atoms with E-state index in [9.17, 15) is 19.2 Å². The first kappa shape index (κ1) is 14.7. The van der Waals surface area contributed by atoms with Crippen molar-refractivity contribution < 1.29 is 9.59 Å². The molecule has 1 aromatic heterocycles. The molecule has 0 aliphatic heterocycles. The van der Waals surface area contributed by atoms with Crippen LogP contribution in [0.5, 0.6) is 0 Å². The second-order valence-electron chi connectivity index (χ2n) is 3.96. The van der Waals surface area contributed by atoms with Gasteiger partial charge in [0, 0.05) is 12.5 Å². The molecule has 0 unspecified atom stereocenters. The zero-order valence-corrected chi connectivity index (χ0v) is 10.5. The number of aromatic amines is 2. The van der Waals surface area contributed by atoms with E-state index in [-0.39, 0.29) is 11.6 Å². The van der Waals surface area contributed by atoms with Gasteiger partial charge in [0.1, 0.15) is 5.69 Å². The lowest BCUT2D eigenvalue weighted by molar-refractivity contribution is -0.121. The Balaban J connectivity index is 2.49. The number of amides is 2. The third-order valence-corrected chi connectivity index (χ3v) is 2.33. The van der Waals surface area contributed by atoms with Crippen LogP contribution in [-0.4, -0.2) is 21.8 Å². The van der Waals surface area contributed by atoms with Gasteiger partial charge >= 0.3 is 5.69 Å². The van der Waals surface area contributed by atoms with Gasteiger partial charge in [0.05, 0.1) is 0 Å². The molecule has 4 N–H and O–H groups in total. The number of aromatic nitrogens is 2. The van der Waals surface area contributed by atoms with E-state index in [1.165, 1.54) is 0 Å². The summed E-state index contributed by atoms with van der Waals surface area (Å²) >= 11 is 0. The maximum Gasteiger partial charge on any atom is 0.326 e. The zero-order valence-electron chi connectivity index (χ0n) is 10.5. The van der Waals surface area contributed by atoms with E-state index in [1.54, 1.807) is 0 Å². The van der Waals surface area contributed by atoms with Crippen LogP contribution in [0.15, 0.2) is 15.7 Å². The molecule has 19 heavy (non-hydrogen) atoms. The van der Waals surface area contributed by atoms with Crippen molar-refractivity contribution in [3.05, 3.63) is 32.6 Å². The predicted octanol–water partition coefficient (Wildman–Crippen LogP) is -0.595. The second kappa shape index (κ2) is 7.14. The van der Waals surface area contributed by atoms with Crippen LogP contribution in [0.25, 0.3) is 0 Å². The molecule has 0 fully saturated rings. The minimum Gasteiger partial charge on any atom is -0.303 e. The number of carbonyl (C=O) groups is 2. The molecule has 0 aromatic carbocycles. The minimum atomic E-state index is -0.785. The van der Waals surface area contributed by atoms with Gasteiger partial charge in [-0.1, -0.05) is 19.8 Å². The van der Waals surface area contributed by atoms with Crippen LogP contribution in [0, 0.1) is 0 Å². The van der Waals surface area contributed by atoms with Crippen LogP contribution in [0.3, 0.4) is 0 Å². The van der Waals surface area contributed by atoms with E-state index >= 15 is 0 Å². The highest BCUT2D eigenvalue weighted by Crippen LogP contribution is 1.97. The van der Waals surface area contributed by atoms with Gasteiger partial charge in [0.25, 0.3) is 11.5 Å². The molecule has 0 atom stereocenters.